The minimum absolute atomic E-state index is 0.0222. The predicted molar refractivity (Wildman–Crippen MR) is 115 cm³/mol. The first-order chi connectivity index (χ1) is 12.8. The smallest absolute Gasteiger partial charge is 0.0222 e. The van der Waals surface area contributed by atoms with Gasteiger partial charge in [-0.3, -0.25) is 0 Å². The average Bonchev–Trinajstić information content (AvgIpc) is 2.88. The van der Waals surface area contributed by atoms with Gasteiger partial charge in [0.25, 0.3) is 0 Å². The molecule has 0 saturated heterocycles. The second kappa shape index (κ2) is 6.09. The summed E-state index contributed by atoms with van der Waals surface area (Å²) in [5.41, 5.74) is 5.85. The molecule has 0 saturated carbocycles. The maximum absolute atomic E-state index is 2.46. The van der Waals surface area contributed by atoms with Gasteiger partial charge in [-0.25, -0.2) is 0 Å². The van der Waals surface area contributed by atoms with Crippen LogP contribution in [0.2, 0.25) is 0 Å². The molecule has 0 fully saturated rings. The Balaban J connectivity index is 2.02. The van der Waals surface area contributed by atoms with Gasteiger partial charge in [0.05, 0.1) is 0 Å². The molecule has 138 valence electrons. The fourth-order valence-electron chi connectivity index (χ4n) is 6.30. The van der Waals surface area contributed by atoms with E-state index in [-0.39, 0.29) is 16.2 Å². The first-order valence-corrected chi connectivity index (χ1v) is 10.0. The molecule has 0 nitrogen and oxygen atoms in total. The molecule has 3 aromatic carbocycles. The molecule has 0 heterocycles. The molecule has 0 N–H and O–H groups in total. The Kier molecular flexibility index (Phi) is 4.07. The van der Waals surface area contributed by atoms with Crippen molar-refractivity contribution in [2.45, 2.75) is 50.9 Å². The lowest BCUT2D eigenvalue weighted by molar-refractivity contribution is 0.153. The predicted octanol–water partition coefficient (Wildman–Crippen LogP) is 6.88. The maximum atomic E-state index is 2.46. The summed E-state index contributed by atoms with van der Waals surface area (Å²) in [6.45, 7) is 12.2. The molecule has 1 aliphatic carbocycles. The maximum Gasteiger partial charge on any atom is 0.0222 e. The van der Waals surface area contributed by atoms with E-state index < -0.39 is 0 Å². The topological polar surface area (TPSA) is 0 Å². The van der Waals surface area contributed by atoms with Crippen molar-refractivity contribution in [3.8, 4) is 0 Å². The first kappa shape index (κ1) is 18.0. The Morgan fingerprint density at radius 3 is 1.70 bits per heavy atom. The third-order valence-electron chi connectivity index (χ3n) is 7.09. The summed E-state index contributed by atoms with van der Waals surface area (Å²) in [6.07, 6.45) is 0. The van der Waals surface area contributed by atoms with E-state index in [1.54, 1.807) is 0 Å². The highest BCUT2D eigenvalue weighted by atomic mass is 14.6. The van der Waals surface area contributed by atoms with Crippen LogP contribution in [0.15, 0.2) is 84.9 Å². The molecule has 0 heteroatoms. The molecule has 1 aliphatic rings. The van der Waals surface area contributed by atoms with Crippen molar-refractivity contribution in [3.63, 3.8) is 0 Å². The summed E-state index contributed by atoms with van der Waals surface area (Å²) in [5.74, 6) is 0.430. The largest absolute Gasteiger partial charge is 0.0622 e. The van der Waals surface area contributed by atoms with E-state index in [4.69, 9.17) is 0 Å². The number of benzene rings is 3. The number of fused-ring (bicyclic) bond motifs is 1. The van der Waals surface area contributed by atoms with Gasteiger partial charge in [-0.1, -0.05) is 120 Å². The summed E-state index contributed by atoms with van der Waals surface area (Å²) < 4.78 is 0. The normalized spacial score (nSPS) is 23.8. The van der Waals surface area contributed by atoms with Crippen molar-refractivity contribution >= 4 is 0 Å². The molecule has 0 aromatic heterocycles. The van der Waals surface area contributed by atoms with Gasteiger partial charge in [-0.2, -0.15) is 0 Å². The van der Waals surface area contributed by atoms with E-state index in [2.05, 4.69) is 120 Å². The van der Waals surface area contributed by atoms with Crippen molar-refractivity contribution in [1.29, 1.82) is 0 Å². The fourth-order valence-corrected chi connectivity index (χ4v) is 6.30. The second-order valence-corrected chi connectivity index (χ2v) is 9.36. The van der Waals surface area contributed by atoms with E-state index in [1.165, 1.54) is 22.3 Å². The van der Waals surface area contributed by atoms with Crippen LogP contribution in [-0.2, 0) is 16.2 Å². The fraction of sp³-hybridized carbons (Fsp3) is 0.333. The van der Waals surface area contributed by atoms with Gasteiger partial charge in [0.1, 0.15) is 0 Å². The van der Waals surface area contributed by atoms with Crippen LogP contribution in [0.25, 0.3) is 0 Å². The molecule has 0 radical (unpaired) electrons. The molecular formula is C27H30. The van der Waals surface area contributed by atoms with Crippen molar-refractivity contribution < 1.29 is 0 Å². The molecule has 27 heavy (non-hydrogen) atoms. The zero-order chi connectivity index (χ0) is 19.3. The zero-order valence-electron chi connectivity index (χ0n) is 17.2. The molecule has 2 atom stereocenters. The van der Waals surface area contributed by atoms with Crippen molar-refractivity contribution in [2.75, 3.05) is 0 Å². The van der Waals surface area contributed by atoms with Gasteiger partial charge < -0.3 is 0 Å². The average molecular weight is 355 g/mol. The Morgan fingerprint density at radius 2 is 1.11 bits per heavy atom. The minimum Gasteiger partial charge on any atom is -0.0622 e. The van der Waals surface area contributed by atoms with Gasteiger partial charge in [-0.15, -0.1) is 0 Å². The quantitative estimate of drug-likeness (QED) is 0.481. The molecule has 4 rings (SSSR count). The Labute approximate surface area is 164 Å². The minimum atomic E-state index is -0.0410. The lowest BCUT2D eigenvalue weighted by Crippen LogP contribution is -2.48. The lowest BCUT2D eigenvalue weighted by Gasteiger charge is -2.49. The highest BCUT2D eigenvalue weighted by molar-refractivity contribution is 5.55. The Bertz CT molecular complexity index is 934. The molecule has 3 aromatic rings. The van der Waals surface area contributed by atoms with Crippen LogP contribution < -0.4 is 0 Å². The third kappa shape index (κ3) is 2.50. The van der Waals surface area contributed by atoms with Crippen LogP contribution in [0.5, 0.6) is 0 Å². The Hall–Kier alpha value is -2.34. The van der Waals surface area contributed by atoms with Crippen LogP contribution in [0, 0.1) is 5.92 Å². The summed E-state index contributed by atoms with van der Waals surface area (Å²) in [5, 5.41) is 0. The summed E-state index contributed by atoms with van der Waals surface area (Å²) in [7, 11) is 0. The number of rotatable bonds is 3. The van der Waals surface area contributed by atoms with E-state index in [1.807, 2.05) is 0 Å². The summed E-state index contributed by atoms with van der Waals surface area (Å²) >= 11 is 0. The van der Waals surface area contributed by atoms with Crippen molar-refractivity contribution in [3.05, 3.63) is 107 Å². The molecule has 2 unspecified atom stereocenters. The standard InChI is InChI=1S/C27H30/c1-25(2,20-14-8-6-9-15-20)24-26(3,4)22-18-12-13-19-23(22)27(24,5)21-16-10-7-11-17-21/h6-19,24H,1-5H3. The highest BCUT2D eigenvalue weighted by Crippen LogP contribution is 2.62. The first-order valence-electron chi connectivity index (χ1n) is 10.0. The molecule has 0 amide bonds. The number of hydrogen-bond donors (Lipinski definition) is 0. The van der Waals surface area contributed by atoms with Gasteiger partial charge in [0.15, 0.2) is 0 Å². The molecule has 0 aliphatic heterocycles. The molecule has 0 bridgehead atoms. The van der Waals surface area contributed by atoms with Crippen molar-refractivity contribution in [1.82, 2.24) is 0 Å². The second-order valence-electron chi connectivity index (χ2n) is 9.36. The highest BCUT2D eigenvalue weighted by Gasteiger charge is 2.59. The molecule has 0 spiro atoms. The summed E-state index contributed by atoms with van der Waals surface area (Å²) in [4.78, 5) is 0. The number of hydrogen-bond acceptors (Lipinski definition) is 0. The van der Waals surface area contributed by atoms with Gasteiger partial charge in [0, 0.05) is 5.41 Å². The van der Waals surface area contributed by atoms with Gasteiger partial charge >= 0.3 is 0 Å². The van der Waals surface area contributed by atoms with E-state index >= 15 is 0 Å². The van der Waals surface area contributed by atoms with E-state index in [9.17, 15) is 0 Å². The SMILES string of the molecule is CC(C)(c1ccccc1)C1C(C)(C)c2ccccc2C1(C)c1ccccc1. The van der Waals surface area contributed by atoms with Crippen LogP contribution >= 0.6 is 0 Å². The van der Waals surface area contributed by atoms with Crippen LogP contribution in [0.4, 0.5) is 0 Å². The van der Waals surface area contributed by atoms with Gasteiger partial charge in [-0.05, 0) is 39.0 Å². The van der Waals surface area contributed by atoms with Crippen molar-refractivity contribution in [2.24, 2.45) is 5.92 Å². The van der Waals surface area contributed by atoms with E-state index in [0.29, 0.717) is 5.92 Å². The monoisotopic (exact) mass is 354 g/mol. The zero-order valence-corrected chi connectivity index (χ0v) is 17.2. The van der Waals surface area contributed by atoms with Crippen LogP contribution in [0.1, 0.15) is 56.9 Å². The lowest BCUT2D eigenvalue weighted by atomic mass is 9.54. The summed E-state index contributed by atoms with van der Waals surface area (Å²) in [6, 6.07) is 31.3. The van der Waals surface area contributed by atoms with Gasteiger partial charge in [0.2, 0.25) is 0 Å². The Morgan fingerprint density at radius 1 is 0.630 bits per heavy atom. The molecular weight excluding hydrogens is 324 g/mol. The van der Waals surface area contributed by atoms with E-state index in [0.717, 1.165) is 0 Å². The van der Waals surface area contributed by atoms with Crippen LogP contribution in [0.3, 0.4) is 0 Å². The third-order valence-corrected chi connectivity index (χ3v) is 7.09. The van der Waals surface area contributed by atoms with Crippen LogP contribution in [-0.4, -0.2) is 0 Å².